The predicted molar refractivity (Wildman–Crippen MR) is 113 cm³/mol. The number of aryl methyl sites for hydroxylation is 1. The van der Waals surface area contributed by atoms with E-state index in [0.717, 1.165) is 30.2 Å². The van der Waals surface area contributed by atoms with E-state index in [1.54, 1.807) is 10.7 Å². The molecule has 1 aromatic heterocycles. The number of hydrogen-bond acceptors (Lipinski definition) is 6. The molecule has 162 valence electrons. The van der Waals surface area contributed by atoms with Crippen LogP contribution in [0.15, 0.2) is 35.6 Å². The van der Waals surface area contributed by atoms with Gasteiger partial charge in [0.25, 0.3) is 0 Å². The summed E-state index contributed by atoms with van der Waals surface area (Å²) in [5.41, 5.74) is 2.39. The molecule has 3 rings (SSSR count). The van der Waals surface area contributed by atoms with Crippen molar-refractivity contribution in [3.63, 3.8) is 0 Å². The van der Waals surface area contributed by atoms with E-state index in [1.165, 1.54) is 14.2 Å². The van der Waals surface area contributed by atoms with E-state index in [2.05, 4.69) is 15.3 Å². The summed E-state index contributed by atoms with van der Waals surface area (Å²) in [5, 5.41) is 7.60. The molecule has 1 fully saturated rings. The number of rotatable bonds is 6. The Bertz CT molecular complexity index is 895. The lowest BCUT2D eigenvalue weighted by molar-refractivity contribution is -0.00805. The molecule has 2 heterocycles. The van der Waals surface area contributed by atoms with Crippen molar-refractivity contribution in [1.29, 1.82) is 0 Å². The van der Waals surface area contributed by atoms with Crippen LogP contribution in [0, 0.1) is 0 Å². The van der Waals surface area contributed by atoms with E-state index in [0.29, 0.717) is 31.0 Å². The molecule has 0 aliphatic carbocycles. The molecule has 0 amide bonds. The van der Waals surface area contributed by atoms with Crippen molar-refractivity contribution in [2.75, 3.05) is 40.5 Å². The highest BCUT2D eigenvalue weighted by molar-refractivity contribution is 5.92. The monoisotopic (exact) mass is 415 g/mol. The van der Waals surface area contributed by atoms with Crippen LogP contribution in [-0.2, 0) is 23.1 Å². The van der Waals surface area contributed by atoms with Crippen molar-refractivity contribution >= 4 is 11.9 Å². The lowest BCUT2D eigenvalue weighted by atomic mass is 10.1. The normalized spacial score (nSPS) is 17.0. The van der Waals surface area contributed by atoms with Gasteiger partial charge >= 0.3 is 5.97 Å². The van der Waals surface area contributed by atoms with Gasteiger partial charge in [-0.1, -0.05) is 6.07 Å². The van der Waals surface area contributed by atoms with E-state index in [1.807, 2.05) is 38.5 Å². The Labute approximate surface area is 176 Å². The number of morpholine rings is 1. The minimum absolute atomic E-state index is 0.0456. The molecule has 1 aliphatic rings. The summed E-state index contributed by atoms with van der Waals surface area (Å²) in [6.45, 7) is 5.33. The molecule has 2 aromatic rings. The lowest BCUT2D eigenvalue weighted by Gasteiger charge is -2.34. The summed E-state index contributed by atoms with van der Waals surface area (Å²) in [6, 6.07) is 5.38. The Morgan fingerprint density at radius 1 is 1.40 bits per heavy atom. The molecule has 1 atom stereocenters. The van der Waals surface area contributed by atoms with E-state index < -0.39 is 5.97 Å². The molecule has 0 radical (unpaired) electrons. The van der Waals surface area contributed by atoms with Gasteiger partial charge in [0.05, 0.1) is 40.1 Å². The smallest absolute Gasteiger partial charge is 0.341 e. The third kappa shape index (κ3) is 5.10. The predicted octanol–water partition coefficient (Wildman–Crippen LogP) is 1.75. The highest BCUT2D eigenvalue weighted by Crippen LogP contribution is 2.23. The quantitative estimate of drug-likeness (QED) is 0.437. The van der Waals surface area contributed by atoms with Gasteiger partial charge in [-0.2, -0.15) is 5.10 Å². The van der Waals surface area contributed by atoms with Gasteiger partial charge in [0.2, 0.25) is 0 Å². The number of carbonyl (C=O) groups is 1. The van der Waals surface area contributed by atoms with Gasteiger partial charge in [0.15, 0.2) is 5.96 Å². The molecule has 1 N–H and O–H groups in total. The number of aromatic nitrogens is 2. The molecule has 9 nitrogen and oxygen atoms in total. The molecule has 0 saturated carbocycles. The molecule has 30 heavy (non-hydrogen) atoms. The zero-order chi connectivity index (χ0) is 21.5. The first kappa shape index (κ1) is 21.6. The molecule has 0 spiro atoms. The van der Waals surface area contributed by atoms with Crippen molar-refractivity contribution < 1.29 is 19.0 Å². The Kier molecular flexibility index (Phi) is 7.29. The summed E-state index contributed by atoms with van der Waals surface area (Å²) in [7, 11) is 4.78. The van der Waals surface area contributed by atoms with Crippen LogP contribution in [0.25, 0.3) is 0 Å². The van der Waals surface area contributed by atoms with Crippen molar-refractivity contribution in [3.8, 4) is 5.75 Å². The Morgan fingerprint density at radius 2 is 2.23 bits per heavy atom. The van der Waals surface area contributed by atoms with Crippen LogP contribution in [0.2, 0.25) is 0 Å². The van der Waals surface area contributed by atoms with Crippen LogP contribution in [0.1, 0.15) is 34.5 Å². The highest BCUT2D eigenvalue weighted by atomic mass is 16.5. The van der Waals surface area contributed by atoms with Crippen molar-refractivity contribution in [2.45, 2.75) is 19.6 Å². The van der Waals surface area contributed by atoms with Crippen LogP contribution in [-0.4, -0.2) is 67.1 Å². The van der Waals surface area contributed by atoms with Crippen LogP contribution in [0.5, 0.6) is 5.75 Å². The molecule has 1 saturated heterocycles. The van der Waals surface area contributed by atoms with Gasteiger partial charge < -0.3 is 24.4 Å². The van der Waals surface area contributed by atoms with Gasteiger partial charge in [-0.25, -0.2) is 9.79 Å². The maximum atomic E-state index is 11.8. The Morgan fingerprint density at radius 3 is 2.90 bits per heavy atom. The van der Waals surface area contributed by atoms with E-state index in [4.69, 9.17) is 19.2 Å². The molecule has 1 aliphatic heterocycles. The van der Waals surface area contributed by atoms with Crippen molar-refractivity contribution in [3.05, 3.63) is 47.3 Å². The average Bonchev–Trinajstić information content (AvgIpc) is 3.22. The third-order valence-corrected chi connectivity index (χ3v) is 4.88. The van der Waals surface area contributed by atoms with Crippen LogP contribution in [0.3, 0.4) is 0 Å². The van der Waals surface area contributed by atoms with E-state index in [-0.39, 0.29) is 6.10 Å². The number of aliphatic imine (C=N–C) groups is 1. The van der Waals surface area contributed by atoms with Crippen molar-refractivity contribution in [2.24, 2.45) is 12.0 Å². The number of carbonyl (C=O) groups excluding carboxylic acids is 1. The number of nitrogens with one attached hydrogen (secondary N) is 1. The van der Waals surface area contributed by atoms with Gasteiger partial charge in [-0.05, 0) is 24.6 Å². The second-order valence-electron chi connectivity index (χ2n) is 6.95. The SMILES string of the molecule is CCNC(=NCc1ccc(C(=O)OC)c(OC)c1)N1CCOC(c2cnn(C)c2)C1. The first-order chi connectivity index (χ1) is 14.5. The maximum absolute atomic E-state index is 11.8. The molecule has 0 bridgehead atoms. The van der Waals surface area contributed by atoms with Crippen LogP contribution >= 0.6 is 0 Å². The number of nitrogens with zero attached hydrogens (tertiary/aromatic N) is 4. The number of methoxy groups -OCH3 is 2. The Hall–Kier alpha value is -3.07. The van der Waals surface area contributed by atoms with E-state index >= 15 is 0 Å². The molecular formula is C21H29N5O4. The number of ether oxygens (including phenoxy) is 3. The third-order valence-electron chi connectivity index (χ3n) is 4.88. The van der Waals surface area contributed by atoms with Crippen molar-refractivity contribution in [1.82, 2.24) is 20.0 Å². The first-order valence-corrected chi connectivity index (χ1v) is 9.94. The number of esters is 1. The Balaban J connectivity index is 1.74. The standard InChI is InChI=1S/C21H29N5O4/c1-5-22-21(26-8-9-30-19(14-26)16-12-24-25(2)13-16)23-11-15-6-7-17(20(27)29-4)18(10-15)28-3/h6-7,10,12-13,19H,5,8-9,11,14H2,1-4H3,(H,22,23). The minimum Gasteiger partial charge on any atom is -0.496 e. The number of benzene rings is 1. The highest BCUT2D eigenvalue weighted by Gasteiger charge is 2.25. The molecule has 1 unspecified atom stereocenters. The first-order valence-electron chi connectivity index (χ1n) is 9.94. The summed E-state index contributed by atoms with van der Waals surface area (Å²) in [6.07, 6.45) is 3.77. The van der Waals surface area contributed by atoms with Gasteiger partial charge in [0, 0.05) is 31.9 Å². The van der Waals surface area contributed by atoms with E-state index in [9.17, 15) is 4.79 Å². The fourth-order valence-electron chi connectivity index (χ4n) is 3.35. The molecular weight excluding hydrogens is 386 g/mol. The second-order valence-corrected chi connectivity index (χ2v) is 6.95. The molecule has 1 aromatic carbocycles. The summed E-state index contributed by atoms with van der Waals surface area (Å²) in [4.78, 5) is 18.8. The zero-order valence-electron chi connectivity index (χ0n) is 17.9. The average molecular weight is 415 g/mol. The second kappa shape index (κ2) is 10.1. The summed E-state index contributed by atoms with van der Waals surface area (Å²) < 4.78 is 17.9. The summed E-state index contributed by atoms with van der Waals surface area (Å²) in [5.74, 6) is 0.873. The van der Waals surface area contributed by atoms with Gasteiger partial charge in [-0.15, -0.1) is 0 Å². The largest absolute Gasteiger partial charge is 0.496 e. The van der Waals surface area contributed by atoms with Gasteiger partial charge in [0.1, 0.15) is 17.4 Å². The topological polar surface area (TPSA) is 90.2 Å². The fourth-order valence-corrected chi connectivity index (χ4v) is 3.35. The fraction of sp³-hybridized carbons (Fsp3) is 0.476. The lowest BCUT2D eigenvalue weighted by Crippen LogP contribution is -2.48. The number of guanidine groups is 1. The maximum Gasteiger partial charge on any atom is 0.341 e. The zero-order valence-corrected chi connectivity index (χ0v) is 17.9. The van der Waals surface area contributed by atoms with Crippen LogP contribution in [0.4, 0.5) is 0 Å². The summed E-state index contributed by atoms with van der Waals surface area (Å²) >= 11 is 0. The van der Waals surface area contributed by atoms with Gasteiger partial charge in [-0.3, -0.25) is 4.68 Å². The minimum atomic E-state index is -0.426. The van der Waals surface area contributed by atoms with Crippen LogP contribution < -0.4 is 10.1 Å². The molecule has 9 heteroatoms. The number of hydrogen-bond donors (Lipinski definition) is 1.